The van der Waals surface area contributed by atoms with Crippen LogP contribution in [-0.2, 0) is 0 Å². The molecule has 4 heteroatoms. The van der Waals surface area contributed by atoms with Gasteiger partial charge in [0, 0.05) is 24.3 Å². The van der Waals surface area contributed by atoms with Gasteiger partial charge in [-0.1, -0.05) is 6.07 Å². The largest absolute Gasteiger partial charge is 0.353 e. The van der Waals surface area contributed by atoms with Gasteiger partial charge in [0.05, 0.1) is 0 Å². The van der Waals surface area contributed by atoms with Gasteiger partial charge in [0.25, 0.3) is 5.56 Å². The fraction of sp³-hybridized carbons (Fsp3) is 0.429. The van der Waals surface area contributed by atoms with Crippen LogP contribution in [0.25, 0.3) is 5.65 Å². The van der Waals surface area contributed by atoms with Gasteiger partial charge in [-0.3, -0.25) is 9.20 Å². The van der Waals surface area contributed by atoms with E-state index in [4.69, 9.17) is 0 Å². The summed E-state index contributed by atoms with van der Waals surface area (Å²) >= 11 is 0. The smallest absolute Gasteiger partial charge is 0.275 e. The number of hydrogen-bond donors (Lipinski definition) is 0. The fourth-order valence-corrected chi connectivity index (χ4v) is 2.37. The summed E-state index contributed by atoms with van der Waals surface area (Å²) in [6.45, 7) is 8.50. The zero-order chi connectivity index (χ0) is 13.3. The average molecular weight is 245 g/mol. The first-order valence-electron chi connectivity index (χ1n) is 6.27. The van der Waals surface area contributed by atoms with Crippen molar-refractivity contribution in [1.82, 2.24) is 9.38 Å². The molecule has 2 aromatic rings. The third kappa shape index (κ3) is 2.23. The Balaban J connectivity index is 2.72. The Bertz CT molecular complexity index is 593. The minimum absolute atomic E-state index is 0.192. The van der Waals surface area contributed by atoms with Crippen molar-refractivity contribution in [2.75, 3.05) is 4.90 Å². The molecule has 2 heterocycles. The molecule has 0 saturated heterocycles. The molecular weight excluding hydrogens is 226 g/mol. The van der Waals surface area contributed by atoms with E-state index in [1.807, 2.05) is 28.8 Å². The summed E-state index contributed by atoms with van der Waals surface area (Å²) in [5.41, 5.74) is 0.494. The van der Waals surface area contributed by atoms with Gasteiger partial charge in [0.2, 0.25) is 0 Å². The molecule has 0 aliphatic rings. The van der Waals surface area contributed by atoms with Gasteiger partial charge in [0.15, 0.2) is 0 Å². The molecule has 0 spiro atoms. The van der Waals surface area contributed by atoms with Crippen LogP contribution in [0.4, 0.5) is 5.82 Å². The summed E-state index contributed by atoms with van der Waals surface area (Å²) in [5.74, 6) is 0.899. The second kappa shape index (κ2) is 4.80. The number of anilines is 1. The molecule has 0 bridgehead atoms. The highest BCUT2D eigenvalue weighted by atomic mass is 16.1. The maximum Gasteiger partial charge on any atom is 0.275 e. The van der Waals surface area contributed by atoms with Gasteiger partial charge in [-0.2, -0.15) is 4.98 Å². The van der Waals surface area contributed by atoms with E-state index in [0.717, 1.165) is 5.82 Å². The van der Waals surface area contributed by atoms with Crippen molar-refractivity contribution in [3.05, 3.63) is 40.8 Å². The van der Waals surface area contributed by atoms with Crippen LogP contribution in [0.3, 0.4) is 0 Å². The lowest BCUT2D eigenvalue weighted by atomic mass is 10.2. The second-order valence-electron chi connectivity index (χ2n) is 4.98. The fourth-order valence-electron chi connectivity index (χ4n) is 2.37. The quantitative estimate of drug-likeness (QED) is 0.832. The number of rotatable bonds is 3. The van der Waals surface area contributed by atoms with Crippen LogP contribution in [0.15, 0.2) is 35.3 Å². The molecule has 0 N–H and O–H groups in total. The Hall–Kier alpha value is -1.84. The highest BCUT2D eigenvalue weighted by molar-refractivity contribution is 5.50. The predicted molar refractivity (Wildman–Crippen MR) is 74.2 cm³/mol. The predicted octanol–water partition coefficient (Wildman–Crippen LogP) is 2.32. The highest BCUT2D eigenvalue weighted by Gasteiger charge is 2.17. The molecule has 0 aliphatic heterocycles. The minimum Gasteiger partial charge on any atom is -0.353 e. The summed E-state index contributed by atoms with van der Waals surface area (Å²) in [4.78, 5) is 17.9. The molecule has 0 aliphatic carbocycles. The summed E-state index contributed by atoms with van der Waals surface area (Å²) < 4.78 is 1.96. The zero-order valence-electron chi connectivity index (χ0n) is 11.3. The van der Waals surface area contributed by atoms with Crippen LogP contribution in [-0.4, -0.2) is 21.5 Å². The van der Waals surface area contributed by atoms with E-state index in [2.05, 4.69) is 37.6 Å². The molecule has 0 aromatic carbocycles. The molecule has 0 atom stereocenters. The van der Waals surface area contributed by atoms with Crippen molar-refractivity contribution in [2.45, 2.75) is 39.8 Å². The molecule has 0 fully saturated rings. The molecule has 0 amide bonds. The Morgan fingerprint density at radius 2 is 1.83 bits per heavy atom. The molecule has 18 heavy (non-hydrogen) atoms. The Labute approximate surface area is 107 Å². The monoisotopic (exact) mass is 245 g/mol. The third-order valence-corrected chi connectivity index (χ3v) is 2.94. The maximum absolute atomic E-state index is 11.7. The van der Waals surface area contributed by atoms with E-state index in [1.165, 1.54) is 0 Å². The van der Waals surface area contributed by atoms with Crippen LogP contribution in [0, 0.1) is 0 Å². The van der Waals surface area contributed by atoms with E-state index < -0.39 is 0 Å². The minimum atomic E-state index is -0.192. The van der Waals surface area contributed by atoms with Gasteiger partial charge in [0.1, 0.15) is 11.5 Å². The van der Waals surface area contributed by atoms with Crippen molar-refractivity contribution in [1.29, 1.82) is 0 Å². The summed E-state index contributed by atoms with van der Waals surface area (Å²) in [5, 5.41) is 0. The lowest BCUT2D eigenvalue weighted by molar-refractivity contribution is 0.595. The Morgan fingerprint density at radius 3 is 2.44 bits per heavy atom. The summed E-state index contributed by atoms with van der Waals surface area (Å²) in [6, 6.07) is 7.93. The van der Waals surface area contributed by atoms with E-state index in [1.54, 1.807) is 6.07 Å². The van der Waals surface area contributed by atoms with Crippen molar-refractivity contribution < 1.29 is 0 Å². The van der Waals surface area contributed by atoms with Crippen molar-refractivity contribution in [3.8, 4) is 0 Å². The highest BCUT2D eigenvalue weighted by Crippen LogP contribution is 2.19. The molecule has 4 nitrogen and oxygen atoms in total. The lowest BCUT2D eigenvalue weighted by Gasteiger charge is -2.33. The number of aromatic nitrogens is 2. The van der Waals surface area contributed by atoms with Crippen molar-refractivity contribution in [2.24, 2.45) is 0 Å². The normalized spacial score (nSPS) is 11.4. The number of nitrogens with zero attached hydrogens (tertiary/aromatic N) is 3. The van der Waals surface area contributed by atoms with Crippen LogP contribution in [0.1, 0.15) is 27.7 Å². The molecule has 96 valence electrons. The first kappa shape index (κ1) is 12.6. The van der Waals surface area contributed by atoms with Crippen LogP contribution in [0.5, 0.6) is 0 Å². The lowest BCUT2D eigenvalue weighted by Crippen LogP contribution is -2.39. The van der Waals surface area contributed by atoms with Gasteiger partial charge in [-0.25, -0.2) is 0 Å². The van der Waals surface area contributed by atoms with Gasteiger partial charge in [-0.05, 0) is 39.8 Å². The first-order chi connectivity index (χ1) is 8.50. The molecular formula is C14H19N3O. The summed E-state index contributed by atoms with van der Waals surface area (Å²) in [7, 11) is 0. The van der Waals surface area contributed by atoms with Gasteiger partial charge >= 0.3 is 0 Å². The Kier molecular flexibility index (Phi) is 3.36. The maximum atomic E-state index is 11.7. The Morgan fingerprint density at radius 1 is 1.17 bits per heavy atom. The average Bonchev–Trinajstić information content (AvgIpc) is 2.27. The number of fused-ring (bicyclic) bond motifs is 1. The third-order valence-electron chi connectivity index (χ3n) is 2.94. The molecule has 0 unspecified atom stereocenters. The molecule has 0 saturated carbocycles. The molecule has 2 rings (SSSR count). The number of pyridine rings is 1. The second-order valence-corrected chi connectivity index (χ2v) is 4.98. The topological polar surface area (TPSA) is 37.6 Å². The van der Waals surface area contributed by atoms with Crippen LogP contribution in [0.2, 0.25) is 0 Å². The van der Waals surface area contributed by atoms with Crippen molar-refractivity contribution >= 4 is 11.5 Å². The van der Waals surface area contributed by atoms with E-state index >= 15 is 0 Å². The summed E-state index contributed by atoms with van der Waals surface area (Å²) in [6.07, 6.45) is 1.94. The SMILES string of the molecule is CC(C)N(c1cc(=O)nc2ccccn12)C(C)C. The number of hydrogen-bond acceptors (Lipinski definition) is 3. The first-order valence-corrected chi connectivity index (χ1v) is 6.27. The van der Waals surface area contributed by atoms with Gasteiger partial charge in [-0.15, -0.1) is 0 Å². The zero-order valence-corrected chi connectivity index (χ0v) is 11.3. The molecule has 0 radical (unpaired) electrons. The van der Waals surface area contributed by atoms with E-state index in [0.29, 0.717) is 17.7 Å². The van der Waals surface area contributed by atoms with E-state index in [-0.39, 0.29) is 5.56 Å². The van der Waals surface area contributed by atoms with E-state index in [9.17, 15) is 4.79 Å². The molecule has 2 aromatic heterocycles. The van der Waals surface area contributed by atoms with Gasteiger partial charge < -0.3 is 4.90 Å². The van der Waals surface area contributed by atoms with Crippen LogP contribution < -0.4 is 10.5 Å². The van der Waals surface area contributed by atoms with Crippen LogP contribution >= 0.6 is 0 Å². The van der Waals surface area contributed by atoms with Crippen molar-refractivity contribution in [3.63, 3.8) is 0 Å². The standard InChI is InChI=1S/C14H19N3O/c1-10(2)17(11(3)4)14-9-13(18)15-12-7-5-6-8-16(12)14/h5-11H,1-4H3.